The Kier molecular flexibility index (Phi) is 5.64. The Morgan fingerprint density at radius 1 is 1.35 bits per heavy atom. The first-order valence-corrected chi connectivity index (χ1v) is 8.54. The van der Waals surface area contributed by atoms with E-state index in [1.54, 1.807) is 0 Å². The van der Waals surface area contributed by atoms with Crippen LogP contribution in [0.25, 0.3) is 0 Å². The largest absolute Gasteiger partial charge is 0.478 e. The Morgan fingerprint density at radius 3 is 2.70 bits per heavy atom. The summed E-state index contributed by atoms with van der Waals surface area (Å²) >= 11 is 0. The van der Waals surface area contributed by atoms with Crippen LogP contribution in [0.5, 0.6) is 0 Å². The number of aromatic nitrogens is 1. The van der Waals surface area contributed by atoms with Crippen LogP contribution in [0, 0.1) is 0 Å². The summed E-state index contributed by atoms with van der Waals surface area (Å²) in [5.74, 6) is -2.03. The van der Waals surface area contributed by atoms with E-state index in [1.165, 1.54) is 16.6 Å². The van der Waals surface area contributed by atoms with E-state index in [-0.39, 0.29) is 23.6 Å². The molecule has 0 unspecified atom stereocenters. The molecule has 0 spiro atoms. The van der Waals surface area contributed by atoms with E-state index in [0.717, 1.165) is 6.07 Å². The lowest BCUT2D eigenvalue weighted by Gasteiger charge is -2.26. The minimum Gasteiger partial charge on any atom is -0.478 e. The summed E-state index contributed by atoms with van der Waals surface area (Å²) in [4.78, 5) is 26.5. The number of nitrogens with zero attached hydrogens (tertiary/aromatic N) is 2. The number of sulfonamides is 1. The van der Waals surface area contributed by atoms with Crippen LogP contribution in [0.3, 0.4) is 0 Å². The maximum Gasteiger partial charge on any atom is 0.335 e. The number of aromatic carboxylic acids is 1. The Labute approximate surface area is 133 Å². The fourth-order valence-electron chi connectivity index (χ4n) is 2.03. The van der Waals surface area contributed by atoms with Crippen LogP contribution in [0.2, 0.25) is 0 Å². The van der Waals surface area contributed by atoms with Gasteiger partial charge in [-0.15, -0.1) is 0 Å². The molecule has 2 rings (SSSR count). The zero-order chi connectivity index (χ0) is 16.9. The molecule has 0 saturated carbocycles. The molecule has 2 heterocycles. The van der Waals surface area contributed by atoms with Crippen molar-refractivity contribution < 1.29 is 27.9 Å². The molecule has 1 aliphatic heterocycles. The number of nitrogens with one attached hydrogen (secondary N) is 1. The maximum absolute atomic E-state index is 12.1. The van der Waals surface area contributed by atoms with Crippen molar-refractivity contribution in [2.45, 2.75) is 0 Å². The summed E-state index contributed by atoms with van der Waals surface area (Å²) in [5.41, 5.74) is -0.139. The number of ether oxygens (including phenoxy) is 1. The Hall–Kier alpha value is -2.04. The lowest BCUT2D eigenvalue weighted by atomic mass is 10.2. The van der Waals surface area contributed by atoms with Gasteiger partial charge in [0.1, 0.15) is 5.69 Å². The van der Waals surface area contributed by atoms with Crippen molar-refractivity contribution in [2.24, 2.45) is 0 Å². The average Bonchev–Trinajstić information content (AvgIpc) is 2.55. The minimum absolute atomic E-state index is 0.0638. The van der Waals surface area contributed by atoms with Crippen LogP contribution in [-0.2, 0) is 14.8 Å². The molecule has 1 saturated heterocycles. The van der Waals surface area contributed by atoms with Crippen LogP contribution in [0.4, 0.5) is 0 Å². The van der Waals surface area contributed by atoms with Gasteiger partial charge in [0.2, 0.25) is 10.0 Å². The molecule has 23 heavy (non-hydrogen) atoms. The van der Waals surface area contributed by atoms with E-state index in [0.29, 0.717) is 26.3 Å². The molecule has 10 heteroatoms. The molecule has 0 aliphatic carbocycles. The number of carboxylic acid groups (broad SMARTS) is 1. The highest BCUT2D eigenvalue weighted by Crippen LogP contribution is 2.05. The van der Waals surface area contributed by atoms with Gasteiger partial charge in [-0.05, 0) is 12.1 Å². The number of carbonyl (C=O) groups excluding carboxylic acids is 1. The maximum atomic E-state index is 12.1. The fourth-order valence-corrected chi connectivity index (χ4v) is 3.35. The Bertz CT molecular complexity index is 685. The topological polar surface area (TPSA) is 126 Å². The number of rotatable bonds is 6. The number of amides is 1. The number of hydrogen-bond donors (Lipinski definition) is 2. The number of morpholine rings is 1. The van der Waals surface area contributed by atoms with Crippen LogP contribution in [0.1, 0.15) is 20.8 Å². The van der Waals surface area contributed by atoms with Crippen LogP contribution in [-0.4, -0.2) is 73.3 Å². The van der Waals surface area contributed by atoms with E-state index >= 15 is 0 Å². The third-order valence-electron chi connectivity index (χ3n) is 3.25. The second-order valence-corrected chi connectivity index (χ2v) is 6.91. The summed E-state index contributed by atoms with van der Waals surface area (Å²) < 4.78 is 30.6. The molecule has 2 N–H and O–H groups in total. The van der Waals surface area contributed by atoms with Crippen LogP contribution in [0.15, 0.2) is 18.3 Å². The SMILES string of the molecule is O=C(O)c1ccnc(C(=O)NCCS(=O)(=O)N2CCOCC2)c1. The third-order valence-corrected chi connectivity index (χ3v) is 5.12. The molecule has 1 aromatic rings. The predicted molar refractivity (Wildman–Crippen MR) is 79.7 cm³/mol. The van der Waals surface area contributed by atoms with Crippen molar-refractivity contribution in [3.8, 4) is 0 Å². The monoisotopic (exact) mass is 343 g/mol. The van der Waals surface area contributed by atoms with Gasteiger partial charge in [-0.25, -0.2) is 13.2 Å². The van der Waals surface area contributed by atoms with Gasteiger partial charge in [0, 0.05) is 25.8 Å². The van der Waals surface area contributed by atoms with Gasteiger partial charge >= 0.3 is 5.97 Å². The second kappa shape index (κ2) is 7.49. The summed E-state index contributed by atoms with van der Waals surface area (Å²) in [6.45, 7) is 1.24. The normalized spacial score (nSPS) is 16.0. The molecule has 0 aromatic carbocycles. The van der Waals surface area contributed by atoms with E-state index < -0.39 is 21.9 Å². The summed E-state index contributed by atoms with van der Waals surface area (Å²) in [7, 11) is -3.46. The average molecular weight is 343 g/mol. The molecule has 0 atom stereocenters. The minimum atomic E-state index is -3.46. The van der Waals surface area contributed by atoms with E-state index in [2.05, 4.69) is 10.3 Å². The lowest BCUT2D eigenvalue weighted by molar-refractivity contribution is 0.0696. The highest BCUT2D eigenvalue weighted by molar-refractivity contribution is 7.89. The van der Waals surface area contributed by atoms with Crippen LogP contribution >= 0.6 is 0 Å². The molecule has 126 valence electrons. The zero-order valence-corrected chi connectivity index (χ0v) is 13.1. The molecule has 0 radical (unpaired) electrons. The molecular weight excluding hydrogens is 326 g/mol. The highest BCUT2D eigenvalue weighted by atomic mass is 32.2. The van der Waals surface area contributed by atoms with E-state index in [4.69, 9.17) is 9.84 Å². The zero-order valence-electron chi connectivity index (χ0n) is 12.3. The van der Waals surface area contributed by atoms with Gasteiger partial charge in [-0.3, -0.25) is 9.78 Å². The van der Waals surface area contributed by atoms with Crippen molar-refractivity contribution in [2.75, 3.05) is 38.6 Å². The quantitative estimate of drug-likeness (QED) is 0.690. The van der Waals surface area contributed by atoms with Crippen molar-refractivity contribution in [3.63, 3.8) is 0 Å². The molecule has 9 nitrogen and oxygen atoms in total. The van der Waals surface area contributed by atoms with Gasteiger partial charge < -0.3 is 15.2 Å². The van der Waals surface area contributed by atoms with Gasteiger partial charge in [0.05, 0.1) is 24.5 Å². The predicted octanol–water partition coefficient (Wildman–Crippen LogP) is -0.828. The number of carboxylic acids is 1. The first-order valence-electron chi connectivity index (χ1n) is 6.93. The number of hydrogen-bond acceptors (Lipinski definition) is 6. The Balaban J connectivity index is 1.89. The van der Waals surface area contributed by atoms with Crippen molar-refractivity contribution in [3.05, 3.63) is 29.6 Å². The van der Waals surface area contributed by atoms with Crippen molar-refractivity contribution >= 4 is 21.9 Å². The molecular formula is C13H17N3O6S. The second-order valence-electron chi connectivity index (χ2n) is 4.82. The standard InChI is InChI=1S/C13H17N3O6S/c17-12(11-9-10(13(18)19)1-2-14-11)15-3-8-23(20,21)16-4-6-22-7-5-16/h1-2,9H,3-8H2,(H,15,17)(H,18,19). The summed E-state index contributed by atoms with van der Waals surface area (Å²) in [6.07, 6.45) is 1.21. The number of carbonyl (C=O) groups is 2. The lowest BCUT2D eigenvalue weighted by Crippen LogP contribution is -2.43. The smallest absolute Gasteiger partial charge is 0.335 e. The molecule has 0 bridgehead atoms. The Morgan fingerprint density at radius 2 is 2.04 bits per heavy atom. The molecule has 1 fully saturated rings. The molecule has 1 amide bonds. The first-order chi connectivity index (χ1) is 10.9. The van der Waals surface area contributed by atoms with Crippen LogP contribution < -0.4 is 5.32 Å². The van der Waals surface area contributed by atoms with Gasteiger partial charge in [-0.1, -0.05) is 0 Å². The summed E-state index contributed by atoms with van der Waals surface area (Å²) in [6, 6.07) is 2.40. The fraction of sp³-hybridized carbons (Fsp3) is 0.462. The molecule has 1 aromatic heterocycles. The van der Waals surface area contributed by atoms with Gasteiger partial charge in [0.15, 0.2) is 0 Å². The van der Waals surface area contributed by atoms with Crippen molar-refractivity contribution in [1.29, 1.82) is 0 Å². The number of pyridine rings is 1. The molecule has 1 aliphatic rings. The highest BCUT2D eigenvalue weighted by Gasteiger charge is 2.24. The first kappa shape index (κ1) is 17.3. The summed E-state index contributed by atoms with van der Waals surface area (Å²) in [5, 5.41) is 11.3. The third kappa shape index (κ3) is 4.71. The van der Waals surface area contributed by atoms with E-state index in [1.807, 2.05) is 0 Å². The van der Waals surface area contributed by atoms with Gasteiger partial charge in [0.25, 0.3) is 5.91 Å². The van der Waals surface area contributed by atoms with Crippen molar-refractivity contribution in [1.82, 2.24) is 14.6 Å². The van der Waals surface area contributed by atoms with E-state index in [9.17, 15) is 18.0 Å². The van der Waals surface area contributed by atoms with Gasteiger partial charge in [-0.2, -0.15) is 4.31 Å².